The number of nitrogens with one attached hydrogen (secondary N) is 1. The highest BCUT2D eigenvalue weighted by Gasteiger charge is 2.10. The lowest BCUT2D eigenvalue weighted by Gasteiger charge is -2.29. The fourth-order valence-electron chi connectivity index (χ4n) is 2.92. The summed E-state index contributed by atoms with van der Waals surface area (Å²) in [5, 5.41) is 3.33. The van der Waals surface area contributed by atoms with E-state index < -0.39 is 5.91 Å². The van der Waals surface area contributed by atoms with Crippen LogP contribution >= 0.6 is 0 Å². The molecule has 27 heavy (non-hydrogen) atoms. The summed E-state index contributed by atoms with van der Waals surface area (Å²) in [4.78, 5) is 25.4. The lowest BCUT2D eigenvalue weighted by atomic mass is 10.1. The molecule has 0 aliphatic carbocycles. The molecule has 0 aromatic heterocycles. The Kier molecular flexibility index (Phi) is 6.18. The van der Waals surface area contributed by atoms with E-state index >= 15 is 0 Å². The fourth-order valence-corrected chi connectivity index (χ4v) is 2.92. The Bertz CT molecular complexity index is 846. The van der Waals surface area contributed by atoms with Crippen LogP contribution in [-0.4, -0.2) is 37.9 Å². The van der Waals surface area contributed by atoms with Crippen LogP contribution in [0.5, 0.6) is 0 Å². The van der Waals surface area contributed by atoms with E-state index in [-0.39, 0.29) is 5.78 Å². The number of piperazine rings is 1. The van der Waals surface area contributed by atoms with E-state index in [0.29, 0.717) is 5.56 Å². The predicted molar refractivity (Wildman–Crippen MR) is 110 cm³/mol. The van der Waals surface area contributed by atoms with Gasteiger partial charge in [-0.25, -0.2) is 0 Å². The second-order valence-electron chi connectivity index (χ2n) is 6.38. The number of hydrogen-bond acceptors (Lipinski definition) is 4. The zero-order valence-corrected chi connectivity index (χ0v) is 15.1. The Hall–Kier alpha value is -3.18. The zero-order valence-electron chi connectivity index (χ0n) is 15.1. The van der Waals surface area contributed by atoms with Gasteiger partial charge in [0, 0.05) is 43.5 Å². The first-order chi connectivity index (χ1) is 13.1. The third kappa shape index (κ3) is 5.39. The van der Waals surface area contributed by atoms with Gasteiger partial charge in [-0.05, 0) is 47.5 Å². The van der Waals surface area contributed by atoms with Gasteiger partial charge in [0.25, 0.3) is 0 Å². The number of hydrogen-bond donors (Lipinski definition) is 2. The third-order valence-corrected chi connectivity index (χ3v) is 4.44. The molecule has 3 rings (SSSR count). The monoisotopic (exact) mass is 361 g/mol. The van der Waals surface area contributed by atoms with Gasteiger partial charge in [-0.3, -0.25) is 9.59 Å². The predicted octanol–water partition coefficient (Wildman–Crippen LogP) is 2.49. The molecule has 0 unspecified atom stereocenters. The van der Waals surface area contributed by atoms with Gasteiger partial charge < -0.3 is 16.0 Å². The minimum Gasteiger partial charge on any atom is -0.369 e. The number of rotatable bonds is 6. The van der Waals surface area contributed by atoms with E-state index in [1.807, 2.05) is 48.5 Å². The van der Waals surface area contributed by atoms with Crippen molar-refractivity contribution in [2.75, 3.05) is 31.1 Å². The molecule has 3 N–H and O–H groups in total. The van der Waals surface area contributed by atoms with Crippen LogP contribution < -0.4 is 16.0 Å². The minimum atomic E-state index is -0.479. The van der Waals surface area contributed by atoms with Crippen LogP contribution in [0.1, 0.15) is 21.5 Å². The quantitative estimate of drug-likeness (QED) is 0.612. The van der Waals surface area contributed by atoms with E-state index in [1.54, 1.807) is 18.2 Å². The van der Waals surface area contributed by atoms with Gasteiger partial charge >= 0.3 is 0 Å². The van der Waals surface area contributed by atoms with Gasteiger partial charge in [0.1, 0.15) is 0 Å². The average molecular weight is 361 g/mol. The molecule has 138 valence electrons. The van der Waals surface area contributed by atoms with Crippen LogP contribution in [-0.2, 0) is 4.79 Å². The summed E-state index contributed by atoms with van der Waals surface area (Å²) in [5.41, 5.74) is 8.69. The lowest BCUT2D eigenvalue weighted by molar-refractivity contribution is -0.113. The van der Waals surface area contributed by atoms with E-state index in [9.17, 15) is 9.59 Å². The van der Waals surface area contributed by atoms with Crippen LogP contribution in [0.25, 0.3) is 12.2 Å². The second kappa shape index (κ2) is 8.96. The van der Waals surface area contributed by atoms with Crippen molar-refractivity contribution in [2.45, 2.75) is 0 Å². The van der Waals surface area contributed by atoms with Gasteiger partial charge in [-0.2, -0.15) is 0 Å². The molecule has 0 bridgehead atoms. The molecule has 0 saturated carbocycles. The highest BCUT2D eigenvalue weighted by Crippen LogP contribution is 2.17. The van der Waals surface area contributed by atoms with Crippen LogP contribution in [0.4, 0.5) is 5.69 Å². The maximum absolute atomic E-state index is 12.4. The van der Waals surface area contributed by atoms with Gasteiger partial charge in [0.2, 0.25) is 5.91 Å². The molecule has 0 spiro atoms. The molecule has 2 aromatic carbocycles. The van der Waals surface area contributed by atoms with Crippen molar-refractivity contribution in [2.24, 2.45) is 5.73 Å². The van der Waals surface area contributed by atoms with E-state index in [2.05, 4.69) is 10.2 Å². The molecule has 1 amide bonds. The van der Waals surface area contributed by atoms with Gasteiger partial charge in [-0.1, -0.05) is 30.3 Å². The third-order valence-electron chi connectivity index (χ3n) is 4.44. The Balaban J connectivity index is 1.61. The number of amides is 1. The maximum atomic E-state index is 12.4. The molecular weight excluding hydrogens is 338 g/mol. The summed E-state index contributed by atoms with van der Waals surface area (Å²) in [5.74, 6) is -0.507. The molecule has 0 atom stereocenters. The first kappa shape index (κ1) is 18.6. The summed E-state index contributed by atoms with van der Waals surface area (Å²) in [6.07, 6.45) is 6.33. The maximum Gasteiger partial charge on any atom is 0.241 e. The summed E-state index contributed by atoms with van der Waals surface area (Å²) in [6.45, 7) is 3.94. The Morgan fingerprint density at radius 3 is 1.96 bits per heavy atom. The molecular formula is C22H23N3O2. The van der Waals surface area contributed by atoms with Crippen molar-refractivity contribution in [3.8, 4) is 0 Å². The Labute approximate surface area is 159 Å². The number of nitrogens with two attached hydrogens (primary N) is 1. The van der Waals surface area contributed by atoms with Crippen molar-refractivity contribution >= 4 is 29.5 Å². The summed E-state index contributed by atoms with van der Waals surface area (Å²) < 4.78 is 0. The van der Waals surface area contributed by atoms with Crippen molar-refractivity contribution < 1.29 is 9.59 Å². The van der Waals surface area contributed by atoms with E-state index in [1.165, 1.54) is 6.08 Å². The normalized spacial score (nSPS) is 14.7. The highest BCUT2D eigenvalue weighted by molar-refractivity contribution is 6.07. The van der Waals surface area contributed by atoms with Crippen LogP contribution in [0.3, 0.4) is 0 Å². The molecule has 2 aromatic rings. The smallest absolute Gasteiger partial charge is 0.241 e. The average Bonchev–Trinajstić information content (AvgIpc) is 2.72. The van der Waals surface area contributed by atoms with Crippen molar-refractivity contribution in [1.29, 1.82) is 0 Å². The SMILES string of the molecule is NC(=O)C=Cc1ccc(/C=C/C(=O)c2ccc(N3CCNCC3)cc2)cc1. The number of carbonyl (C=O) groups is 2. The van der Waals surface area contributed by atoms with Crippen LogP contribution in [0, 0.1) is 0 Å². The van der Waals surface area contributed by atoms with Crippen molar-refractivity contribution in [3.63, 3.8) is 0 Å². The molecule has 1 fully saturated rings. The molecule has 1 heterocycles. The number of carbonyl (C=O) groups excluding carboxylic acids is 2. The lowest BCUT2D eigenvalue weighted by Crippen LogP contribution is -2.43. The van der Waals surface area contributed by atoms with Gasteiger partial charge in [0.15, 0.2) is 5.78 Å². The fraction of sp³-hybridized carbons (Fsp3) is 0.182. The molecule has 5 nitrogen and oxygen atoms in total. The number of nitrogens with zero attached hydrogens (tertiary/aromatic N) is 1. The first-order valence-electron chi connectivity index (χ1n) is 8.97. The number of anilines is 1. The molecule has 1 aliphatic heterocycles. The molecule has 1 aliphatic rings. The number of allylic oxidation sites excluding steroid dienone is 1. The Morgan fingerprint density at radius 2 is 1.41 bits per heavy atom. The van der Waals surface area contributed by atoms with Crippen molar-refractivity contribution in [1.82, 2.24) is 5.32 Å². The number of primary amides is 1. The minimum absolute atomic E-state index is 0.0282. The van der Waals surface area contributed by atoms with E-state index in [4.69, 9.17) is 5.73 Å². The molecule has 1 saturated heterocycles. The Morgan fingerprint density at radius 1 is 0.852 bits per heavy atom. The summed E-state index contributed by atoms with van der Waals surface area (Å²) >= 11 is 0. The number of ketones is 1. The van der Waals surface area contributed by atoms with Gasteiger partial charge in [-0.15, -0.1) is 0 Å². The van der Waals surface area contributed by atoms with Crippen LogP contribution in [0.15, 0.2) is 60.7 Å². The van der Waals surface area contributed by atoms with Gasteiger partial charge in [0.05, 0.1) is 0 Å². The summed E-state index contributed by atoms with van der Waals surface area (Å²) in [7, 11) is 0. The standard InChI is InChI=1S/C22H23N3O2/c23-22(27)12-6-18-3-1-17(2-4-18)5-11-21(26)19-7-9-20(10-8-19)25-15-13-24-14-16-25/h1-12,24H,13-16H2,(H2,23,27)/b11-5+,12-6?. The second-order valence-corrected chi connectivity index (χ2v) is 6.38. The first-order valence-corrected chi connectivity index (χ1v) is 8.97. The molecule has 0 radical (unpaired) electrons. The highest BCUT2D eigenvalue weighted by atomic mass is 16.1. The van der Waals surface area contributed by atoms with Crippen molar-refractivity contribution in [3.05, 3.63) is 77.4 Å². The molecule has 5 heteroatoms. The van der Waals surface area contributed by atoms with Crippen LogP contribution in [0.2, 0.25) is 0 Å². The van der Waals surface area contributed by atoms with E-state index in [0.717, 1.165) is 43.0 Å². The topological polar surface area (TPSA) is 75.4 Å². The largest absolute Gasteiger partial charge is 0.369 e. The summed E-state index contributed by atoms with van der Waals surface area (Å²) in [6, 6.07) is 15.3. The zero-order chi connectivity index (χ0) is 19.1. The number of benzene rings is 2.